The average molecular weight is 681 g/mol. The van der Waals surface area contributed by atoms with Crippen molar-refractivity contribution in [1.29, 1.82) is 0 Å². The Labute approximate surface area is 311 Å². The molecule has 0 unspecified atom stereocenters. The molecule has 9 rings (SSSR count). The van der Waals surface area contributed by atoms with E-state index in [0.717, 1.165) is 17.1 Å². The van der Waals surface area contributed by atoms with E-state index in [1.165, 1.54) is 77.6 Å². The normalized spacial score (nSPS) is 11.3. The van der Waals surface area contributed by atoms with Crippen LogP contribution in [0.1, 0.15) is 16.7 Å². The summed E-state index contributed by atoms with van der Waals surface area (Å²) in [6, 6.07) is 68.6. The summed E-state index contributed by atoms with van der Waals surface area (Å²) in [5, 5.41) is 2.47. The Morgan fingerprint density at radius 2 is 0.962 bits per heavy atom. The number of hydrogen-bond donors (Lipinski definition) is 0. The maximum atomic E-state index is 2.47. The number of nitrogens with zero attached hydrogens (tertiary/aromatic N) is 2. The van der Waals surface area contributed by atoms with Gasteiger partial charge in [0, 0.05) is 33.3 Å². The fraction of sp³-hybridized carbons (Fsp3) is 0.0588. The Balaban J connectivity index is 1.30. The van der Waals surface area contributed by atoms with Crippen LogP contribution in [0.25, 0.3) is 60.9 Å². The summed E-state index contributed by atoms with van der Waals surface area (Å²) in [4.78, 5) is 2.42. The van der Waals surface area contributed by atoms with Crippen LogP contribution in [0.15, 0.2) is 188 Å². The van der Waals surface area contributed by atoms with E-state index in [9.17, 15) is 0 Å². The molecule has 0 atom stereocenters. The van der Waals surface area contributed by atoms with E-state index in [4.69, 9.17) is 0 Å². The van der Waals surface area contributed by atoms with E-state index in [2.05, 4.69) is 218 Å². The lowest BCUT2D eigenvalue weighted by molar-refractivity contribution is 1.17. The first-order valence-corrected chi connectivity index (χ1v) is 18.3. The smallest absolute Gasteiger partial charge is 0.0562 e. The van der Waals surface area contributed by atoms with E-state index in [-0.39, 0.29) is 0 Å². The van der Waals surface area contributed by atoms with Crippen molar-refractivity contribution in [2.45, 2.75) is 20.8 Å². The predicted octanol–water partition coefficient (Wildman–Crippen LogP) is 14.2. The largest absolute Gasteiger partial charge is 0.310 e. The standard InChI is InChI=1S/C51H40N2/c1-35-22-29-50(47(33-35)41-31-36(2)30-37(3)32-41)53-49-21-13-11-19-45(49)46-28-27-43(34-51(46)53)52(42-25-23-39(24-26-42)38-14-6-4-7-15-38)48-20-12-10-18-44(48)40-16-8-5-9-17-40/h4-34H,1-3H3. The van der Waals surface area contributed by atoms with E-state index < -0.39 is 0 Å². The van der Waals surface area contributed by atoms with Gasteiger partial charge < -0.3 is 9.47 Å². The second kappa shape index (κ2) is 13.5. The Kier molecular flexibility index (Phi) is 8.21. The van der Waals surface area contributed by atoms with Crippen molar-refractivity contribution in [3.05, 3.63) is 205 Å². The SMILES string of the molecule is Cc1cc(C)cc(-c2cc(C)ccc2-n2c3ccccc3c3ccc(N(c4ccc(-c5ccccc5)cc4)c4ccccc4-c4ccccc4)cc32)c1. The minimum atomic E-state index is 1.09. The third-order valence-electron chi connectivity index (χ3n) is 10.3. The minimum absolute atomic E-state index is 1.09. The molecule has 0 aliphatic carbocycles. The zero-order chi connectivity index (χ0) is 35.9. The van der Waals surface area contributed by atoms with Gasteiger partial charge in [-0.15, -0.1) is 0 Å². The van der Waals surface area contributed by atoms with Crippen LogP contribution in [0.2, 0.25) is 0 Å². The van der Waals surface area contributed by atoms with Crippen molar-refractivity contribution in [3.63, 3.8) is 0 Å². The number of anilines is 3. The number of hydrogen-bond acceptors (Lipinski definition) is 1. The zero-order valence-corrected chi connectivity index (χ0v) is 30.3. The van der Waals surface area contributed by atoms with Crippen LogP contribution < -0.4 is 4.90 Å². The molecule has 0 fully saturated rings. The fourth-order valence-corrected chi connectivity index (χ4v) is 7.96. The first kappa shape index (κ1) is 32.3. The van der Waals surface area contributed by atoms with Gasteiger partial charge in [0.15, 0.2) is 0 Å². The number of aromatic nitrogens is 1. The Hall–Kier alpha value is -6.64. The van der Waals surface area contributed by atoms with E-state index in [1.54, 1.807) is 0 Å². The fourth-order valence-electron chi connectivity index (χ4n) is 7.96. The first-order valence-electron chi connectivity index (χ1n) is 18.3. The second-order valence-electron chi connectivity index (χ2n) is 14.1. The highest BCUT2D eigenvalue weighted by Gasteiger charge is 2.21. The number of rotatable bonds is 7. The van der Waals surface area contributed by atoms with Gasteiger partial charge in [0.1, 0.15) is 0 Å². The summed E-state index contributed by atoms with van der Waals surface area (Å²) in [7, 11) is 0. The Morgan fingerprint density at radius 1 is 0.358 bits per heavy atom. The molecule has 8 aromatic carbocycles. The molecule has 0 N–H and O–H groups in total. The molecule has 2 heteroatoms. The van der Waals surface area contributed by atoms with E-state index in [0.29, 0.717) is 0 Å². The van der Waals surface area contributed by atoms with Crippen LogP contribution in [0.5, 0.6) is 0 Å². The molecule has 0 saturated carbocycles. The molecule has 0 spiro atoms. The number of aryl methyl sites for hydroxylation is 3. The molecule has 0 aliphatic heterocycles. The van der Waals surface area contributed by atoms with Gasteiger partial charge in [0.2, 0.25) is 0 Å². The van der Waals surface area contributed by atoms with Crippen molar-refractivity contribution >= 4 is 38.9 Å². The van der Waals surface area contributed by atoms with Gasteiger partial charge >= 0.3 is 0 Å². The summed E-state index contributed by atoms with van der Waals surface area (Å²) in [6.07, 6.45) is 0. The van der Waals surface area contributed by atoms with Gasteiger partial charge in [-0.25, -0.2) is 0 Å². The molecule has 1 aromatic heterocycles. The molecule has 1 heterocycles. The van der Waals surface area contributed by atoms with Crippen molar-refractivity contribution in [3.8, 4) is 39.1 Å². The van der Waals surface area contributed by atoms with Gasteiger partial charge in [0.25, 0.3) is 0 Å². The number of fused-ring (bicyclic) bond motifs is 3. The maximum Gasteiger partial charge on any atom is 0.0562 e. The zero-order valence-electron chi connectivity index (χ0n) is 30.3. The molecular formula is C51H40N2. The average Bonchev–Trinajstić information content (AvgIpc) is 3.52. The molecule has 0 bridgehead atoms. The van der Waals surface area contributed by atoms with Crippen molar-refractivity contribution in [2.75, 3.05) is 4.90 Å². The molecule has 2 nitrogen and oxygen atoms in total. The number of benzene rings is 8. The van der Waals surface area contributed by atoms with Crippen LogP contribution in [0.3, 0.4) is 0 Å². The second-order valence-corrected chi connectivity index (χ2v) is 14.1. The van der Waals surface area contributed by atoms with Gasteiger partial charge in [-0.2, -0.15) is 0 Å². The van der Waals surface area contributed by atoms with Crippen LogP contribution in [0.4, 0.5) is 17.1 Å². The van der Waals surface area contributed by atoms with Crippen molar-refractivity contribution < 1.29 is 0 Å². The monoisotopic (exact) mass is 680 g/mol. The highest BCUT2D eigenvalue weighted by Crippen LogP contribution is 2.44. The van der Waals surface area contributed by atoms with Crippen molar-refractivity contribution in [2.24, 2.45) is 0 Å². The minimum Gasteiger partial charge on any atom is -0.310 e. The summed E-state index contributed by atoms with van der Waals surface area (Å²) >= 11 is 0. The van der Waals surface area contributed by atoms with E-state index in [1.807, 2.05) is 0 Å². The molecule has 0 aliphatic rings. The van der Waals surface area contributed by atoms with Gasteiger partial charge in [-0.3, -0.25) is 0 Å². The van der Waals surface area contributed by atoms with Crippen LogP contribution in [0, 0.1) is 20.8 Å². The third-order valence-corrected chi connectivity index (χ3v) is 10.3. The maximum absolute atomic E-state index is 2.47. The van der Waals surface area contributed by atoms with Gasteiger partial charge in [0.05, 0.1) is 22.4 Å². The molecular weight excluding hydrogens is 641 g/mol. The molecule has 0 amide bonds. The van der Waals surface area contributed by atoms with Crippen molar-refractivity contribution in [1.82, 2.24) is 4.57 Å². The lowest BCUT2D eigenvalue weighted by atomic mass is 9.97. The van der Waals surface area contributed by atoms with Crippen LogP contribution >= 0.6 is 0 Å². The molecule has 254 valence electrons. The summed E-state index contributed by atoms with van der Waals surface area (Å²) in [5.41, 5.74) is 17.9. The summed E-state index contributed by atoms with van der Waals surface area (Å²) in [5.74, 6) is 0. The summed E-state index contributed by atoms with van der Waals surface area (Å²) in [6.45, 7) is 6.56. The third kappa shape index (κ3) is 5.99. The molecule has 0 saturated heterocycles. The first-order chi connectivity index (χ1) is 26.0. The Morgan fingerprint density at radius 3 is 1.72 bits per heavy atom. The van der Waals surface area contributed by atoms with E-state index >= 15 is 0 Å². The van der Waals surface area contributed by atoms with Crippen LogP contribution in [-0.2, 0) is 0 Å². The lowest BCUT2D eigenvalue weighted by Crippen LogP contribution is -2.11. The molecule has 53 heavy (non-hydrogen) atoms. The molecule has 9 aromatic rings. The van der Waals surface area contributed by atoms with Gasteiger partial charge in [-0.1, -0.05) is 156 Å². The lowest BCUT2D eigenvalue weighted by Gasteiger charge is -2.28. The molecule has 0 radical (unpaired) electrons. The highest BCUT2D eigenvalue weighted by atomic mass is 15.1. The highest BCUT2D eigenvalue weighted by molar-refractivity contribution is 6.11. The summed E-state index contributed by atoms with van der Waals surface area (Å²) < 4.78 is 2.47. The topological polar surface area (TPSA) is 8.17 Å². The quantitative estimate of drug-likeness (QED) is 0.163. The number of para-hydroxylation sites is 2. The predicted molar refractivity (Wildman–Crippen MR) is 226 cm³/mol. The van der Waals surface area contributed by atoms with Crippen LogP contribution in [-0.4, -0.2) is 4.57 Å². The Bertz CT molecular complexity index is 2720. The van der Waals surface area contributed by atoms with Gasteiger partial charge in [-0.05, 0) is 91.6 Å².